The predicted molar refractivity (Wildman–Crippen MR) is 93.7 cm³/mol. The van der Waals surface area contributed by atoms with Crippen LogP contribution >= 0.6 is 15.9 Å². The van der Waals surface area contributed by atoms with Gasteiger partial charge >= 0.3 is 0 Å². The van der Waals surface area contributed by atoms with Crippen LogP contribution in [0.4, 0.5) is 10.1 Å². The molecule has 0 radical (unpaired) electrons. The highest BCUT2D eigenvalue weighted by Gasteiger charge is 2.20. The minimum atomic E-state index is -0.202. The van der Waals surface area contributed by atoms with Crippen LogP contribution in [0.3, 0.4) is 0 Å². The fraction of sp³-hybridized carbons (Fsp3) is 0.333. The second-order valence-corrected chi connectivity index (χ2v) is 6.72. The molecule has 122 valence electrons. The Labute approximate surface area is 144 Å². The number of piperazine rings is 1. The van der Waals surface area contributed by atoms with Crippen molar-refractivity contribution in [3.63, 3.8) is 0 Å². The highest BCUT2D eigenvalue weighted by Crippen LogP contribution is 2.21. The Morgan fingerprint density at radius 2 is 1.96 bits per heavy atom. The number of benzene rings is 2. The van der Waals surface area contributed by atoms with E-state index in [1.54, 1.807) is 7.11 Å². The third-order valence-corrected chi connectivity index (χ3v) is 4.93. The van der Waals surface area contributed by atoms with Gasteiger partial charge in [-0.15, -0.1) is 0 Å². The second kappa shape index (κ2) is 7.32. The quantitative estimate of drug-likeness (QED) is 0.878. The van der Waals surface area contributed by atoms with Gasteiger partial charge in [0, 0.05) is 17.3 Å². The molecule has 1 heterocycles. The van der Waals surface area contributed by atoms with Gasteiger partial charge in [-0.3, -0.25) is 0 Å². The summed E-state index contributed by atoms with van der Waals surface area (Å²) >= 11 is 3.26. The van der Waals surface area contributed by atoms with Gasteiger partial charge in [-0.25, -0.2) is 4.39 Å². The Kier molecular flexibility index (Phi) is 5.18. The molecule has 2 aromatic carbocycles. The Morgan fingerprint density at radius 1 is 1.17 bits per heavy atom. The molecule has 5 heteroatoms. The minimum absolute atomic E-state index is 0.202. The molecule has 0 aliphatic carbocycles. The van der Waals surface area contributed by atoms with Crippen molar-refractivity contribution in [3.05, 3.63) is 58.3 Å². The van der Waals surface area contributed by atoms with E-state index in [-0.39, 0.29) is 5.82 Å². The van der Waals surface area contributed by atoms with Gasteiger partial charge in [0.2, 0.25) is 0 Å². The summed E-state index contributed by atoms with van der Waals surface area (Å²) in [4.78, 5) is 3.93. The maximum Gasteiger partial charge on any atom is 0.137 e. The summed E-state index contributed by atoms with van der Waals surface area (Å²) in [5.74, 6) is 0.694. The topological polar surface area (TPSA) is 16.9 Å². The fourth-order valence-corrected chi connectivity index (χ4v) is 3.43. The molecule has 0 aromatic heterocycles. The van der Waals surface area contributed by atoms with Gasteiger partial charge in [0.1, 0.15) is 18.1 Å². The molecule has 0 unspecified atom stereocenters. The molecule has 0 spiro atoms. The van der Waals surface area contributed by atoms with Crippen LogP contribution in [-0.2, 0) is 6.54 Å². The van der Waals surface area contributed by atoms with Crippen molar-refractivity contribution >= 4 is 21.6 Å². The first kappa shape index (κ1) is 16.3. The number of ether oxygens (including phenoxy) is 1. The van der Waals surface area contributed by atoms with E-state index in [2.05, 4.69) is 33.0 Å². The van der Waals surface area contributed by atoms with Crippen LogP contribution in [0.5, 0.6) is 5.75 Å². The fourth-order valence-electron chi connectivity index (χ4n) is 3.00. The van der Waals surface area contributed by atoms with Gasteiger partial charge in [-0.2, -0.15) is 0 Å². The van der Waals surface area contributed by atoms with E-state index in [1.165, 1.54) is 22.2 Å². The lowest BCUT2D eigenvalue weighted by atomic mass is 10.2. The minimum Gasteiger partial charge on any atom is -0.497 e. The monoisotopic (exact) mass is 379 g/mol. The summed E-state index contributed by atoms with van der Waals surface area (Å²) in [5, 5.41) is 0. The van der Waals surface area contributed by atoms with Crippen LogP contribution in [0.2, 0.25) is 0 Å². The number of rotatable bonds is 4. The Balaban J connectivity index is 1.58. The SMILES string of the molecule is COc1cccc(N2CC[NH+](Cc3ccc(F)c(Br)c3)CC2)c1. The van der Waals surface area contributed by atoms with Crippen molar-refractivity contribution < 1.29 is 14.0 Å². The maximum absolute atomic E-state index is 13.3. The maximum atomic E-state index is 13.3. The van der Waals surface area contributed by atoms with Crippen LogP contribution in [0.25, 0.3) is 0 Å². The third-order valence-electron chi connectivity index (χ3n) is 4.33. The number of hydrogen-bond acceptors (Lipinski definition) is 2. The van der Waals surface area contributed by atoms with Crippen LogP contribution in [-0.4, -0.2) is 33.3 Å². The van der Waals surface area contributed by atoms with Gasteiger partial charge in [0.15, 0.2) is 0 Å². The smallest absolute Gasteiger partial charge is 0.137 e. The number of hydrogen-bond donors (Lipinski definition) is 1. The predicted octanol–water partition coefficient (Wildman–Crippen LogP) is 2.50. The molecule has 1 aliphatic rings. The number of nitrogens with one attached hydrogen (secondary N) is 1. The van der Waals surface area contributed by atoms with E-state index in [9.17, 15) is 4.39 Å². The van der Waals surface area contributed by atoms with Crippen LogP contribution in [0, 0.1) is 5.82 Å². The lowest BCUT2D eigenvalue weighted by Crippen LogP contribution is -3.13. The highest BCUT2D eigenvalue weighted by molar-refractivity contribution is 9.10. The number of quaternary nitrogens is 1. The molecule has 1 N–H and O–H groups in total. The highest BCUT2D eigenvalue weighted by atomic mass is 79.9. The lowest BCUT2D eigenvalue weighted by Gasteiger charge is -2.33. The van der Waals surface area contributed by atoms with E-state index < -0.39 is 0 Å². The summed E-state index contributed by atoms with van der Waals surface area (Å²) in [6.45, 7) is 5.12. The average Bonchev–Trinajstić information content (AvgIpc) is 2.59. The first-order chi connectivity index (χ1) is 11.2. The normalized spacial score (nSPS) is 15.7. The Hall–Kier alpha value is -1.59. The van der Waals surface area contributed by atoms with E-state index in [0.717, 1.165) is 38.5 Å². The first-order valence-electron chi connectivity index (χ1n) is 7.82. The summed E-state index contributed by atoms with van der Waals surface area (Å²) in [7, 11) is 1.70. The van der Waals surface area contributed by atoms with Gasteiger partial charge in [-0.05, 0) is 40.2 Å². The average molecular weight is 380 g/mol. The zero-order valence-electron chi connectivity index (χ0n) is 13.2. The van der Waals surface area contributed by atoms with Crippen molar-refractivity contribution in [3.8, 4) is 5.75 Å². The van der Waals surface area contributed by atoms with Crippen molar-refractivity contribution in [1.29, 1.82) is 0 Å². The van der Waals surface area contributed by atoms with Crippen molar-refractivity contribution in [2.24, 2.45) is 0 Å². The van der Waals surface area contributed by atoms with E-state index in [1.807, 2.05) is 24.3 Å². The zero-order chi connectivity index (χ0) is 16.2. The van der Waals surface area contributed by atoms with Gasteiger partial charge in [-0.1, -0.05) is 12.1 Å². The van der Waals surface area contributed by atoms with Crippen LogP contribution in [0.15, 0.2) is 46.9 Å². The van der Waals surface area contributed by atoms with Crippen LogP contribution in [0.1, 0.15) is 5.56 Å². The molecule has 3 rings (SSSR count). The summed E-state index contributed by atoms with van der Waals surface area (Å²) in [6, 6.07) is 13.5. The Bertz CT molecular complexity index is 672. The van der Waals surface area contributed by atoms with Crippen molar-refractivity contribution in [1.82, 2.24) is 0 Å². The molecule has 0 atom stereocenters. The van der Waals surface area contributed by atoms with Gasteiger partial charge in [0.05, 0.1) is 37.8 Å². The molecule has 1 aliphatic heterocycles. The second-order valence-electron chi connectivity index (χ2n) is 5.86. The van der Waals surface area contributed by atoms with Crippen LogP contribution < -0.4 is 14.5 Å². The number of nitrogens with zero attached hydrogens (tertiary/aromatic N) is 1. The van der Waals surface area contributed by atoms with E-state index in [0.29, 0.717) is 4.47 Å². The zero-order valence-corrected chi connectivity index (χ0v) is 14.8. The molecule has 1 fully saturated rings. The Morgan fingerprint density at radius 3 is 2.65 bits per heavy atom. The molecule has 23 heavy (non-hydrogen) atoms. The lowest BCUT2D eigenvalue weighted by molar-refractivity contribution is -0.914. The summed E-state index contributed by atoms with van der Waals surface area (Å²) in [5.41, 5.74) is 2.39. The largest absolute Gasteiger partial charge is 0.497 e. The summed E-state index contributed by atoms with van der Waals surface area (Å²) < 4.78 is 19.2. The van der Waals surface area contributed by atoms with E-state index >= 15 is 0 Å². The number of anilines is 1. The standard InChI is InChI=1S/C18H20BrFN2O/c1-23-16-4-2-3-15(12-16)22-9-7-21(8-10-22)13-14-5-6-18(20)17(19)11-14/h2-6,11-12H,7-10,13H2,1H3/p+1. The number of halogens is 2. The van der Waals surface area contributed by atoms with E-state index in [4.69, 9.17) is 4.74 Å². The van der Waals surface area contributed by atoms with Crippen molar-refractivity contribution in [2.75, 3.05) is 38.2 Å². The molecule has 0 amide bonds. The molecular weight excluding hydrogens is 359 g/mol. The molecule has 3 nitrogen and oxygen atoms in total. The molecule has 2 aromatic rings. The number of methoxy groups -OCH3 is 1. The first-order valence-corrected chi connectivity index (χ1v) is 8.61. The van der Waals surface area contributed by atoms with Gasteiger partial charge in [0.25, 0.3) is 0 Å². The molecular formula is C18H21BrFN2O+. The molecule has 1 saturated heterocycles. The van der Waals surface area contributed by atoms with Crippen molar-refractivity contribution in [2.45, 2.75) is 6.54 Å². The van der Waals surface area contributed by atoms with Gasteiger partial charge < -0.3 is 14.5 Å². The summed E-state index contributed by atoms with van der Waals surface area (Å²) in [6.07, 6.45) is 0. The molecule has 0 saturated carbocycles. The third kappa shape index (κ3) is 4.03. The molecule has 0 bridgehead atoms.